The van der Waals surface area contributed by atoms with E-state index in [9.17, 15) is 0 Å². The van der Waals surface area contributed by atoms with Crippen LogP contribution < -0.4 is 0 Å². The SMILES string of the molecule is [CH2]C[SH]1C=CC(C)=C1. The largest absolute Gasteiger partial charge is 0.213 e. The summed E-state index contributed by atoms with van der Waals surface area (Å²) in [6, 6.07) is 0. The zero-order valence-electron chi connectivity index (χ0n) is 5.09. The van der Waals surface area contributed by atoms with E-state index in [0.29, 0.717) is 0 Å². The third kappa shape index (κ3) is 1.16. The van der Waals surface area contributed by atoms with Gasteiger partial charge in [0.2, 0.25) is 0 Å². The monoisotopic (exact) mass is 127 g/mol. The highest BCUT2D eigenvalue weighted by atomic mass is 32.2. The molecule has 0 spiro atoms. The average Bonchev–Trinajstić information content (AvgIpc) is 2.14. The standard InChI is InChI=1S/C7H11S/c1-3-8-5-4-7(2)6-8/h4-6,8H,1,3H2,2H3. The van der Waals surface area contributed by atoms with Crippen LogP contribution in [0.4, 0.5) is 0 Å². The molecule has 0 amide bonds. The molecule has 1 unspecified atom stereocenters. The molecule has 0 nitrogen and oxygen atoms in total. The minimum Gasteiger partial charge on any atom is -0.213 e. The Bertz CT molecular complexity index is 133. The van der Waals surface area contributed by atoms with Crippen molar-refractivity contribution in [1.29, 1.82) is 0 Å². The Morgan fingerprint density at radius 2 is 2.50 bits per heavy atom. The Labute approximate surface area is 53.6 Å². The van der Waals surface area contributed by atoms with Gasteiger partial charge >= 0.3 is 0 Å². The number of hydrogen-bond donors (Lipinski definition) is 1. The van der Waals surface area contributed by atoms with E-state index in [1.807, 2.05) is 0 Å². The summed E-state index contributed by atoms with van der Waals surface area (Å²) in [7, 11) is 0.0640. The topological polar surface area (TPSA) is 0 Å². The number of allylic oxidation sites excluding steroid dienone is 2. The van der Waals surface area contributed by atoms with Crippen molar-refractivity contribution >= 4 is 10.9 Å². The van der Waals surface area contributed by atoms with Crippen LogP contribution in [0.5, 0.6) is 0 Å². The van der Waals surface area contributed by atoms with Crippen molar-refractivity contribution in [2.45, 2.75) is 6.92 Å². The molecule has 0 saturated carbocycles. The Kier molecular flexibility index (Phi) is 1.79. The zero-order chi connectivity index (χ0) is 5.98. The lowest BCUT2D eigenvalue weighted by atomic mass is 10.4. The fourth-order valence-corrected chi connectivity index (χ4v) is 2.10. The predicted octanol–water partition coefficient (Wildman–Crippen LogP) is 2.25. The molecule has 0 aliphatic carbocycles. The van der Waals surface area contributed by atoms with Gasteiger partial charge < -0.3 is 0 Å². The Morgan fingerprint density at radius 1 is 1.75 bits per heavy atom. The van der Waals surface area contributed by atoms with E-state index in [0.717, 1.165) is 5.75 Å². The smallest absolute Gasteiger partial charge is 0.0184 e. The number of hydrogen-bond acceptors (Lipinski definition) is 0. The van der Waals surface area contributed by atoms with Gasteiger partial charge in [0, 0.05) is 0 Å². The molecule has 0 aromatic carbocycles. The van der Waals surface area contributed by atoms with Crippen molar-refractivity contribution in [2.24, 2.45) is 0 Å². The van der Waals surface area contributed by atoms with Gasteiger partial charge in [0.25, 0.3) is 0 Å². The van der Waals surface area contributed by atoms with Crippen molar-refractivity contribution in [3.63, 3.8) is 0 Å². The van der Waals surface area contributed by atoms with E-state index < -0.39 is 0 Å². The maximum atomic E-state index is 3.84. The maximum Gasteiger partial charge on any atom is -0.0184 e. The van der Waals surface area contributed by atoms with E-state index in [4.69, 9.17) is 0 Å². The van der Waals surface area contributed by atoms with Crippen LogP contribution in [0.1, 0.15) is 6.92 Å². The van der Waals surface area contributed by atoms with Crippen LogP contribution in [0.2, 0.25) is 0 Å². The first-order valence-corrected chi connectivity index (χ1v) is 4.41. The minimum atomic E-state index is 0.0640. The third-order valence-corrected chi connectivity index (χ3v) is 2.94. The van der Waals surface area contributed by atoms with Gasteiger partial charge in [-0.2, -0.15) is 0 Å². The molecule has 0 saturated heterocycles. The van der Waals surface area contributed by atoms with Gasteiger partial charge in [-0.1, -0.05) is 6.08 Å². The fourth-order valence-electron chi connectivity index (χ4n) is 0.700. The molecule has 0 aromatic rings. The van der Waals surface area contributed by atoms with Gasteiger partial charge in [-0.15, -0.1) is 0 Å². The first-order valence-electron chi connectivity index (χ1n) is 2.74. The van der Waals surface area contributed by atoms with Gasteiger partial charge in [-0.05, 0) is 36.0 Å². The molecule has 1 aliphatic rings. The summed E-state index contributed by atoms with van der Waals surface area (Å²) in [5.41, 5.74) is 1.40. The van der Waals surface area contributed by atoms with Gasteiger partial charge in [-0.25, -0.2) is 10.9 Å². The minimum absolute atomic E-state index is 0.0640. The molecule has 0 aromatic heterocycles. The Hall–Kier alpha value is -0.170. The number of rotatable bonds is 1. The normalized spacial score (nSPS) is 30.8. The van der Waals surface area contributed by atoms with Crippen molar-refractivity contribution in [2.75, 3.05) is 5.75 Å². The van der Waals surface area contributed by atoms with Crippen molar-refractivity contribution in [3.8, 4) is 0 Å². The third-order valence-electron chi connectivity index (χ3n) is 1.16. The molecule has 1 heterocycles. The highest BCUT2D eigenvalue weighted by Gasteiger charge is 1.97. The van der Waals surface area contributed by atoms with Gasteiger partial charge in [0.15, 0.2) is 0 Å². The molecule has 0 N–H and O–H groups in total. The van der Waals surface area contributed by atoms with Crippen LogP contribution in [-0.2, 0) is 0 Å². The van der Waals surface area contributed by atoms with Crippen LogP contribution in [0.15, 0.2) is 22.5 Å². The van der Waals surface area contributed by atoms with Crippen LogP contribution in [0.25, 0.3) is 0 Å². The highest BCUT2D eigenvalue weighted by molar-refractivity contribution is 8.22. The molecule has 1 atom stereocenters. The lowest BCUT2D eigenvalue weighted by Gasteiger charge is -2.01. The lowest BCUT2D eigenvalue weighted by Crippen LogP contribution is -1.68. The molecule has 8 heavy (non-hydrogen) atoms. The van der Waals surface area contributed by atoms with Gasteiger partial charge in [0.05, 0.1) is 0 Å². The van der Waals surface area contributed by atoms with E-state index >= 15 is 0 Å². The summed E-state index contributed by atoms with van der Waals surface area (Å²) in [5, 5.41) is 4.57. The number of thiol groups is 1. The molecule has 1 aliphatic heterocycles. The molecule has 1 heteroatoms. The summed E-state index contributed by atoms with van der Waals surface area (Å²) >= 11 is 0. The summed E-state index contributed by atoms with van der Waals surface area (Å²) < 4.78 is 0. The summed E-state index contributed by atoms with van der Waals surface area (Å²) in [6.07, 6.45) is 2.18. The Morgan fingerprint density at radius 3 is 2.75 bits per heavy atom. The van der Waals surface area contributed by atoms with Crippen LogP contribution in [0, 0.1) is 6.92 Å². The quantitative estimate of drug-likeness (QED) is 0.513. The van der Waals surface area contributed by atoms with E-state index in [1.54, 1.807) is 0 Å². The second-order valence-electron chi connectivity index (χ2n) is 1.93. The van der Waals surface area contributed by atoms with Crippen molar-refractivity contribution in [1.82, 2.24) is 0 Å². The molecular formula is C7H11S. The van der Waals surface area contributed by atoms with Crippen LogP contribution >= 0.6 is 10.9 Å². The summed E-state index contributed by atoms with van der Waals surface area (Å²) in [5.74, 6) is 1.06. The Balaban J connectivity index is 2.55. The molecule has 45 valence electrons. The van der Waals surface area contributed by atoms with Crippen LogP contribution in [0.3, 0.4) is 0 Å². The molecule has 0 fully saturated rings. The van der Waals surface area contributed by atoms with Gasteiger partial charge in [-0.3, -0.25) is 0 Å². The lowest BCUT2D eigenvalue weighted by molar-refractivity contribution is 1.58. The maximum absolute atomic E-state index is 3.84. The molecular weight excluding hydrogens is 116 g/mol. The van der Waals surface area contributed by atoms with Crippen molar-refractivity contribution in [3.05, 3.63) is 29.4 Å². The summed E-state index contributed by atoms with van der Waals surface area (Å²) in [4.78, 5) is 0. The van der Waals surface area contributed by atoms with E-state index in [2.05, 4.69) is 30.7 Å². The van der Waals surface area contributed by atoms with Crippen LogP contribution in [-0.4, -0.2) is 5.75 Å². The second kappa shape index (κ2) is 2.40. The van der Waals surface area contributed by atoms with E-state index in [1.165, 1.54) is 5.57 Å². The first kappa shape index (κ1) is 5.96. The van der Waals surface area contributed by atoms with E-state index in [-0.39, 0.29) is 10.9 Å². The second-order valence-corrected chi connectivity index (χ2v) is 3.96. The molecule has 0 bridgehead atoms. The fraction of sp³-hybridized carbons (Fsp3) is 0.286. The van der Waals surface area contributed by atoms with Gasteiger partial charge in [0.1, 0.15) is 0 Å². The molecule has 1 radical (unpaired) electrons. The van der Waals surface area contributed by atoms with Crippen molar-refractivity contribution < 1.29 is 0 Å². The summed E-state index contributed by atoms with van der Waals surface area (Å²) in [6.45, 7) is 5.97. The molecule has 1 rings (SSSR count). The average molecular weight is 127 g/mol. The predicted molar refractivity (Wildman–Crippen MR) is 42.1 cm³/mol. The first-order chi connectivity index (χ1) is 3.83. The zero-order valence-corrected chi connectivity index (χ0v) is 5.99. The highest BCUT2D eigenvalue weighted by Crippen LogP contribution is 2.34.